The van der Waals surface area contributed by atoms with Crippen LogP contribution in [0, 0.1) is 0 Å². The number of sulfonamides is 1. The summed E-state index contributed by atoms with van der Waals surface area (Å²) < 4.78 is 27.6. The van der Waals surface area contributed by atoms with Gasteiger partial charge in [-0.3, -0.25) is 0 Å². The quantitative estimate of drug-likeness (QED) is 0.554. The molecule has 7 heteroatoms. The minimum absolute atomic E-state index is 0.320. The Hall–Kier alpha value is -2.05. The van der Waals surface area contributed by atoms with E-state index in [9.17, 15) is 8.42 Å². The zero-order valence-corrected chi connectivity index (χ0v) is 18.0. The number of rotatable bonds is 4. The summed E-state index contributed by atoms with van der Waals surface area (Å²) in [6, 6.07) is 22.5. The molecule has 0 aliphatic carbocycles. The van der Waals surface area contributed by atoms with Crippen LogP contribution in [0.1, 0.15) is 0 Å². The molecule has 0 atom stereocenters. The maximum atomic E-state index is 13.0. The minimum atomic E-state index is -3.52. The third-order valence-electron chi connectivity index (χ3n) is 5.11. The summed E-state index contributed by atoms with van der Waals surface area (Å²) in [5.41, 5.74) is 3.00. The second-order valence-corrected chi connectivity index (χ2v) is 9.63. The van der Waals surface area contributed by atoms with E-state index in [1.165, 1.54) is 0 Å². The van der Waals surface area contributed by atoms with Crippen LogP contribution in [-0.2, 0) is 10.0 Å². The van der Waals surface area contributed by atoms with Crippen molar-refractivity contribution in [3.63, 3.8) is 0 Å². The molecule has 1 aliphatic heterocycles. The zero-order chi connectivity index (χ0) is 20.4. The predicted octanol–water partition coefficient (Wildman–Crippen LogP) is 5.17. The highest BCUT2D eigenvalue weighted by Gasteiger charge is 2.28. The fraction of sp³-hybridized carbons (Fsp3) is 0.182. The molecule has 29 heavy (non-hydrogen) atoms. The molecule has 1 saturated heterocycles. The Bertz CT molecular complexity index is 1100. The molecular weight excluding hydrogens is 427 g/mol. The monoisotopic (exact) mass is 446 g/mol. The molecule has 150 valence electrons. The summed E-state index contributed by atoms with van der Waals surface area (Å²) >= 11 is 12.1. The van der Waals surface area contributed by atoms with Crippen LogP contribution in [0.25, 0.3) is 11.1 Å². The molecular formula is C22H20Cl2N2O2S. The molecule has 1 fully saturated rings. The third kappa shape index (κ3) is 4.28. The molecule has 0 unspecified atom stereocenters. The second-order valence-electron chi connectivity index (χ2n) is 6.88. The SMILES string of the molecule is O=S(=O)(c1ccc(-c2ccccc2)cc1)N1CCN(c2ccc(Cl)c(Cl)c2)CC1. The summed E-state index contributed by atoms with van der Waals surface area (Å²) in [4.78, 5) is 2.44. The lowest BCUT2D eigenvalue weighted by Gasteiger charge is -2.35. The van der Waals surface area contributed by atoms with Gasteiger partial charge in [-0.25, -0.2) is 8.42 Å². The summed E-state index contributed by atoms with van der Waals surface area (Å²) in [5.74, 6) is 0. The van der Waals surface area contributed by atoms with Crippen LogP contribution in [0.4, 0.5) is 5.69 Å². The molecule has 4 nitrogen and oxygen atoms in total. The van der Waals surface area contributed by atoms with Gasteiger partial charge in [-0.15, -0.1) is 0 Å². The molecule has 0 bridgehead atoms. The van der Waals surface area contributed by atoms with Gasteiger partial charge in [0, 0.05) is 31.9 Å². The Balaban J connectivity index is 1.46. The van der Waals surface area contributed by atoms with Gasteiger partial charge in [-0.1, -0.05) is 65.7 Å². The first-order chi connectivity index (χ1) is 13.9. The van der Waals surface area contributed by atoms with E-state index < -0.39 is 10.0 Å². The number of nitrogens with zero attached hydrogens (tertiary/aromatic N) is 2. The fourth-order valence-corrected chi connectivity index (χ4v) is 5.18. The molecule has 0 spiro atoms. The van der Waals surface area contributed by atoms with Crippen molar-refractivity contribution < 1.29 is 8.42 Å². The van der Waals surface area contributed by atoms with Crippen molar-refractivity contribution in [1.82, 2.24) is 4.31 Å². The second kappa shape index (κ2) is 8.36. The summed E-state index contributed by atoms with van der Waals surface area (Å²) in [5, 5.41) is 1.01. The highest BCUT2D eigenvalue weighted by atomic mass is 35.5. The van der Waals surface area contributed by atoms with Crippen molar-refractivity contribution in [2.75, 3.05) is 31.1 Å². The van der Waals surface area contributed by atoms with Crippen molar-refractivity contribution in [1.29, 1.82) is 0 Å². The fourth-order valence-electron chi connectivity index (χ4n) is 3.47. The summed E-state index contributed by atoms with van der Waals surface area (Å²) in [6.07, 6.45) is 0. The standard InChI is InChI=1S/C22H20Cl2N2O2S/c23-21-11-8-19(16-22(21)24)25-12-14-26(15-13-25)29(27,28)20-9-6-18(7-10-20)17-4-2-1-3-5-17/h1-11,16H,12-15H2. The maximum Gasteiger partial charge on any atom is 0.243 e. The minimum Gasteiger partial charge on any atom is -0.369 e. The predicted molar refractivity (Wildman–Crippen MR) is 119 cm³/mol. The smallest absolute Gasteiger partial charge is 0.243 e. The molecule has 0 amide bonds. The molecule has 1 aliphatic rings. The largest absolute Gasteiger partial charge is 0.369 e. The van der Waals surface area contributed by atoms with Crippen molar-refractivity contribution in [2.24, 2.45) is 0 Å². The number of anilines is 1. The van der Waals surface area contributed by atoms with Crippen LogP contribution in [0.3, 0.4) is 0 Å². The Kier molecular flexibility index (Phi) is 5.83. The van der Waals surface area contributed by atoms with Crippen LogP contribution in [0.2, 0.25) is 10.0 Å². The lowest BCUT2D eigenvalue weighted by molar-refractivity contribution is 0.385. The first-order valence-electron chi connectivity index (χ1n) is 9.31. The lowest BCUT2D eigenvalue weighted by Crippen LogP contribution is -2.48. The van der Waals surface area contributed by atoms with Crippen molar-refractivity contribution in [3.8, 4) is 11.1 Å². The van der Waals surface area contributed by atoms with Crippen molar-refractivity contribution >= 4 is 38.9 Å². The molecule has 3 aromatic carbocycles. The van der Waals surface area contributed by atoms with E-state index in [1.807, 2.05) is 54.6 Å². The number of benzene rings is 3. The van der Waals surface area contributed by atoms with Gasteiger partial charge in [0.2, 0.25) is 10.0 Å². The highest BCUT2D eigenvalue weighted by Crippen LogP contribution is 2.29. The average molecular weight is 447 g/mol. The topological polar surface area (TPSA) is 40.6 Å². The molecule has 0 saturated carbocycles. The number of piperazine rings is 1. The lowest BCUT2D eigenvalue weighted by atomic mass is 10.1. The maximum absolute atomic E-state index is 13.0. The number of hydrogen-bond donors (Lipinski definition) is 0. The summed E-state index contributed by atoms with van der Waals surface area (Å²) in [7, 11) is -3.52. The van der Waals surface area contributed by atoms with Crippen LogP contribution >= 0.6 is 23.2 Å². The van der Waals surface area contributed by atoms with Gasteiger partial charge in [0.1, 0.15) is 0 Å². The van der Waals surface area contributed by atoms with E-state index in [2.05, 4.69) is 4.90 Å². The molecule has 1 heterocycles. The molecule has 0 aromatic heterocycles. The first kappa shape index (κ1) is 20.2. The Morgan fingerprint density at radius 3 is 1.93 bits per heavy atom. The van der Waals surface area contributed by atoms with Gasteiger partial charge in [0.15, 0.2) is 0 Å². The summed E-state index contributed by atoms with van der Waals surface area (Å²) in [6.45, 7) is 2.03. The van der Waals surface area contributed by atoms with Crippen molar-refractivity contribution in [3.05, 3.63) is 82.8 Å². The van der Waals surface area contributed by atoms with E-state index in [4.69, 9.17) is 23.2 Å². The third-order valence-corrected chi connectivity index (χ3v) is 7.76. The highest BCUT2D eigenvalue weighted by molar-refractivity contribution is 7.89. The van der Waals surface area contributed by atoms with Crippen LogP contribution in [0.15, 0.2) is 77.7 Å². The van der Waals surface area contributed by atoms with Gasteiger partial charge < -0.3 is 4.90 Å². The molecule has 0 N–H and O–H groups in total. The van der Waals surface area contributed by atoms with E-state index >= 15 is 0 Å². The van der Waals surface area contributed by atoms with Gasteiger partial charge in [0.05, 0.1) is 14.9 Å². The van der Waals surface area contributed by atoms with Crippen LogP contribution in [0.5, 0.6) is 0 Å². The Morgan fingerprint density at radius 2 is 1.31 bits per heavy atom. The van der Waals surface area contributed by atoms with E-state index in [1.54, 1.807) is 22.5 Å². The van der Waals surface area contributed by atoms with Crippen LogP contribution in [-0.4, -0.2) is 38.9 Å². The van der Waals surface area contributed by atoms with Gasteiger partial charge in [-0.05, 0) is 41.5 Å². The average Bonchev–Trinajstić information content (AvgIpc) is 2.76. The number of halogens is 2. The van der Waals surface area contributed by atoms with Gasteiger partial charge >= 0.3 is 0 Å². The van der Waals surface area contributed by atoms with Crippen LogP contribution < -0.4 is 4.90 Å². The Morgan fingerprint density at radius 1 is 0.690 bits per heavy atom. The normalized spacial score (nSPS) is 15.4. The van der Waals surface area contributed by atoms with Crippen molar-refractivity contribution in [2.45, 2.75) is 4.90 Å². The zero-order valence-electron chi connectivity index (χ0n) is 15.6. The van der Waals surface area contributed by atoms with Gasteiger partial charge in [0.25, 0.3) is 0 Å². The van der Waals surface area contributed by atoms with E-state index in [0.717, 1.165) is 16.8 Å². The molecule has 3 aromatic rings. The number of hydrogen-bond acceptors (Lipinski definition) is 3. The molecule has 0 radical (unpaired) electrons. The van der Waals surface area contributed by atoms with E-state index in [-0.39, 0.29) is 0 Å². The Labute approximate surface area is 181 Å². The van der Waals surface area contributed by atoms with Gasteiger partial charge in [-0.2, -0.15) is 4.31 Å². The van der Waals surface area contributed by atoms with E-state index in [0.29, 0.717) is 41.1 Å². The first-order valence-corrected chi connectivity index (χ1v) is 11.5. The molecule has 4 rings (SSSR count).